The van der Waals surface area contributed by atoms with Gasteiger partial charge in [-0.05, 0) is 50.7 Å². The lowest BCUT2D eigenvalue weighted by Gasteiger charge is -2.24. The molecule has 27 heavy (non-hydrogen) atoms. The minimum Gasteiger partial charge on any atom is -0.494 e. The van der Waals surface area contributed by atoms with E-state index in [0.29, 0.717) is 32.5 Å². The van der Waals surface area contributed by atoms with Crippen molar-refractivity contribution in [1.82, 2.24) is 4.90 Å². The molecule has 1 aliphatic rings. The summed E-state index contributed by atoms with van der Waals surface area (Å²) >= 11 is 0. The van der Waals surface area contributed by atoms with Crippen LogP contribution in [0.15, 0.2) is 42.0 Å². The van der Waals surface area contributed by atoms with Crippen LogP contribution in [0.2, 0.25) is 0 Å². The van der Waals surface area contributed by atoms with Crippen LogP contribution in [-0.2, 0) is 14.3 Å². The minimum absolute atomic E-state index is 0.0759. The summed E-state index contributed by atoms with van der Waals surface area (Å²) in [5, 5.41) is 0. The molecule has 148 valence electrons. The first kappa shape index (κ1) is 21.0. The van der Waals surface area contributed by atoms with Gasteiger partial charge in [0.15, 0.2) is 0 Å². The molecular weight excluding hydrogens is 342 g/mol. The van der Waals surface area contributed by atoms with Gasteiger partial charge in [-0.3, -0.25) is 9.59 Å². The quantitative estimate of drug-likeness (QED) is 0.332. The molecule has 0 spiro atoms. The van der Waals surface area contributed by atoms with E-state index in [0.717, 1.165) is 25.0 Å². The zero-order valence-corrected chi connectivity index (χ0v) is 16.3. The molecule has 1 aromatic carbocycles. The predicted octanol–water partition coefficient (Wildman–Crippen LogP) is 4.13. The van der Waals surface area contributed by atoms with E-state index in [4.69, 9.17) is 9.47 Å². The van der Waals surface area contributed by atoms with E-state index in [-0.39, 0.29) is 18.3 Å². The number of amides is 1. The van der Waals surface area contributed by atoms with Crippen LogP contribution in [0.4, 0.5) is 0 Å². The molecular formula is C22H31NO4. The Morgan fingerprint density at radius 1 is 1.07 bits per heavy atom. The molecule has 0 aromatic heterocycles. The molecule has 0 atom stereocenters. The summed E-state index contributed by atoms with van der Waals surface area (Å²) in [6, 6.07) is 9.60. The number of hydrogen-bond acceptors (Lipinski definition) is 4. The number of carbonyl (C=O) groups excluding carboxylic acids is 2. The summed E-state index contributed by atoms with van der Waals surface area (Å²) in [5.74, 6) is 0.612. The second-order valence-electron chi connectivity index (χ2n) is 6.83. The van der Waals surface area contributed by atoms with E-state index >= 15 is 0 Å². The highest BCUT2D eigenvalue weighted by atomic mass is 16.5. The number of rotatable bonds is 11. The summed E-state index contributed by atoms with van der Waals surface area (Å²) in [5.41, 5.74) is 1.43. The SMILES string of the molecule is COC(=O)CCN(CCC1=CCCCC1)C(=O)CCCOc1ccccc1. The maximum Gasteiger partial charge on any atom is 0.307 e. The fourth-order valence-corrected chi connectivity index (χ4v) is 3.19. The van der Waals surface area contributed by atoms with Gasteiger partial charge in [-0.1, -0.05) is 29.8 Å². The van der Waals surface area contributed by atoms with Crippen LogP contribution in [-0.4, -0.2) is 43.6 Å². The van der Waals surface area contributed by atoms with Crippen molar-refractivity contribution in [2.75, 3.05) is 26.8 Å². The van der Waals surface area contributed by atoms with E-state index in [1.165, 1.54) is 25.5 Å². The molecule has 0 fully saturated rings. The Morgan fingerprint density at radius 3 is 2.59 bits per heavy atom. The third kappa shape index (κ3) is 8.29. The van der Waals surface area contributed by atoms with Crippen LogP contribution in [0.3, 0.4) is 0 Å². The molecule has 2 rings (SSSR count). The highest BCUT2D eigenvalue weighted by Crippen LogP contribution is 2.20. The Hall–Kier alpha value is -2.30. The Kier molecular flexibility index (Phi) is 9.45. The average molecular weight is 373 g/mol. The van der Waals surface area contributed by atoms with E-state index in [1.807, 2.05) is 30.3 Å². The van der Waals surface area contributed by atoms with E-state index in [2.05, 4.69) is 6.08 Å². The minimum atomic E-state index is -0.280. The number of hydrogen-bond donors (Lipinski definition) is 0. The average Bonchev–Trinajstić information content (AvgIpc) is 2.72. The van der Waals surface area contributed by atoms with Gasteiger partial charge in [-0.25, -0.2) is 0 Å². The van der Waals surface area contributed by atoms with Crippen LogP contribution in [0.25, 0.3) is 0 Å². The molecule has 5 nitrogen and oxygen atoms in total. The van der Waals surface area contributed by atoms with Gasteiger partial charge in [0.05, 0.1) is 20.1 Å². The molecule has 0 saturated heterocycles. The van der Waals surface area contributed by atoms with E-state index < -0.39 is 0 Å². The molecule has 0 aliphatic heterocycles. The summed E-state index contributed by atoms with van der Waals surface area (Å²) in [7, 11) is 1.38. The second-order valence-corrected chi connectivity index (χ2v) is 6.83. The Bertz CT molecular complexity index is 612. The van der Waals surface area contributed by atoms with Crippen molar-refractivity contribution in [3.8, 4) is 5.75 Å². The van der Waals surface area contributed by atoms with Crippen molar-refractivity contribution in [1.29, 1.82) is 0 Å². The zero-order chi connectivity index (χ0) is 19.3. The first-order chi connectivity index (χ1) is 13.2. The van der Waals surface area contributed by atoms with Crippen molar-refractivity contribution >= 4 is 11.9 Å². The van der Waals surface area contributed by atoms with Crippen molar-refractivity contribution in [3.63, 3.8) is 0 Å². The van der Waals surface area contributed by atoms with E-state index in [9.17, 15) is 9.59 Å². The van der Waals surface area contributed by atoms with Gasteiger partial charge in [0.1, 0.15) is 5.75 Å². The van der Waals surface area contributed by atoms with Gasteiger partial charge in [0.2, 0.25) is 5.91 Å². The maximum absolute atomic E-state index is 12.6. The topological polar surface area (TPSA) is 55.8 Å². The second kappa shape index (κ2) is 12.2. The molecule has 5 heteroatoms. The predicted molar refractivity (Wildman–Crippen MR) is 106 cm³/mol. The summed E-state index contributed by atoms with van der Waals surface area (Å²) < 4.78 is 10.4. The molecule has 0 saturated carbocycles. The van der Waals surface area contributed by atoms with Crippen LogP contribution < -0.4 is 4.74 Å². The Morgan fingerprint density at radius 2 is 1.89 bits per heavy atom. The third-order valence-electron chi connectivity index (χ3n) is 4.80. The number of esters is 1. The summed E-state index contributed by atoms with van der Waals surface area (Å²) in [4.78, 5) is 25.9. The first-order valence-corrected chi connectivity index (χ1v) is 9.89. The normalized spacial score (nSPS) is 13.6. The highest BCUT2D eigenvalue weighted by molar-refractivity contribution is 5.77. The maximum atomic E-state index is 12.6. The van der Waals surface area contributed by atoms with Crippen LogP contribution >= 0.6 is 0 Å². The molecule has 1 aliphatic carbocycles. The first-order valence-electron chi connectivity index (χ1n) is 9.89. The monoisotopic (exact) mass is 373 g/mol. The van der Waals surface area contributed by atoms with Gasteiger partial charge in [0.25, 0.3) is 0 Å². The van der Waals surface area contributed by atoms with Crippen LogP contribution in [0.5, 0.6) is 5.75 Å². The standard InChI is InChI=1S/C22H31NO4/c1-26-22(25)15-17-23(16-14-19-9-4-2-5-10-19)21(24)13-8-18-27-20-11-6-3-7-12-20/h3,6-7,9,11-12H,2,4-5,8,10,13-18H2,1H3. The molecule has 0 heterocycles. The van der Waals surface area contributed by atoms with Gasteiger partial charge in [0, 0.05) is 19.5 Å². The highest BCUT2D eigenvalue weighted by Gasteiger charge is 2.16. The van der Waals surface area contributed by atoms with Gasteiger partial charge >= 0.3 is 5.97 Å². The largest absolute Gasteiger partial charge is 0.494 e. The number of nitrogens with zero attached hydrogens (tertiary/aromatic N) is 1. The smallest absolute Gasteiger partial charge is 0.307 e. The Labute approximate surface area is 162 Å². The number of carbonyl (C=O) groups is 2. The lowest BCUT2D eigenvalue weighted by Crippen LogP contribution is -2.34. The number of para-hydroxylation sites is 1. The summed E-state index contributed by atoms with van der Waals surface area (Å²) in [6.45, 7) is 1.59. The number of methoxy groups -OCH3 is 1. The summed E-state index contributed by atoms with van der Waals surface area (Å²) in [6.07, 6.45) is 9.29. The lowest BCUT2D eigenvalue weighted by molar-refractivity contribution is -0.141. The van der Waals surface area contributed by atoms with Crippen molar-refractivity contribution in [3.05, 3.63) is 42.0 Å². The molecule has 0 bridgehead atoms. The van der Waals surface area contributed by atoms with Crippen LogP contribution in [0.1, 0.15) is 51.4 Å². The van der Waals surface area contributed by atoms with Crippen molar-refractivity contribution < 1.29 is 19.1 Å². The van der Waals surface area contributed by atoms with Gasteiger partial charge in [-0.15, -0.1) is 0 Å². The number of benzene rings is 1. The fourth-order valence-electron chi connectivity index (χ4n) is 3.19. The number of allylic oxidation sites excluding steroid dienone is 1. The number of ether oxygens (including phenoxy) is 2. The van der Waals surface area contributed by atoms with Crippen molar-refractivity contribution in [2.45, 2.75) is 51.4 Å². The van der Waals surface area contributed by atoms with Gasteiger partial charge in [-0.2, -0.15) is 0 Å². The molecule has 0 radical (unpaired) electrons. The van der Waals surface area contributed by atoms with E-state index in [1.54, 1.807) is 4.90 Å². The zero-order valence-electron chi connectivity index (χ0n) is 16.3. The fraction of sp³-hybridized carbons (Fsp3) is 0.545. The third-order valence-corrected chi connectivity index (χ3v) is 4.80. The molecule has 0 N–H and O–H groups in total. The van der Waals surface area contributed by atoms with Gasteiger partial charge < -0.3 is 14.4 Å². The van der Waals surface area contributed by atoms with Crippen molar-refractivity contribution in [2.24, 2.45) is 0 Å². The molecule has 1 amide bonds. The lowest BCUT2D eigenvalue weighted by atomic mass is 9.97. The molecule has 1 aromatic rings. The molecule has 0 unspecified atom stereocenters. The van der Waals surface area contributed by atoms with Crippen LogP contribution in [0, 0.1) is 0 Å². The Balaban J connectivity index is 1.77.